The zero-order valence-corrected chi connectivity index (χ0v) is 12.0. The molecule has 0 fully saturated rings. The van der Waals surface area contributed by atoms with Gasteiger partial charge in [-0.15, -0.1) is 0 Å². The number of nitrogens with zero attached hydrogens (tertiary/aromatic N) is 1. The maximum Gasteiger partial charge on any atom is 0.253 e. The first-order valence-corrected chi connectivity index (χ1v) is 6.76. The minimum Gasteiger partial charge on any atom is -0.386 e. The Kier molecular flexibility index (Phi) is 4.70. The van der Waals surface area contributed by atoms with Gasteiger partial charge in [0.15, 0.2) is 0 Å². The van der Waals surface area contributed by atoms with E-state index in [1.807, 2.05) is 30.3 Å². The zero-order valence-electron chi connectivity index (χ0n) is 12.0. The third-order valence-electron chi connectivity index (χ3n) is 3.62. The van der Waals surface area contributed by atoms with Gasteiger partial charge in [0, 0.05) is 12.6 Å². The van der Waals surface area contributed by atoms with E-state index in [9.17, 15) is 14.3 Å². The smallest absolute Gasteiger partial charge is 0.253 e. The molecule has 0 aliphatic carbocycles. The molecule has 21 heavy (non-hydrogen) atoms. The van der Waals surface area contributed by atoms with Crippen molar-refractivity contribution < 1.29 is 14.3 Å². The number of carbonyl (C=O) groups excluding carboxylic acids is 1. The summed E-state index contributed by atoms with van der Waals surface area (Å²) in [6.45, 7) is 1.78. The minimum atomic E-state index is -0.777. The minimum absolute atomic E-state index is 0.252. The molecule has 1 N–H and O–H groups in total. The fourth-order valence-electron chi connectivity index (χ4n) is 2.12. The second kappa shape index (κ2) is 6.50. The average Bonchev–Trinajstić information content (AvgIpc) is 2.53. The molecule has 0 saturated carbocycles. The van der Waals surface area contributed by atoms with Gasteiger partial charge in [-0.25, -0.2) is 4.39 Å². The Hall–Kier alpha value is -2.20. The number of hydrogen-bond acceptors (Lipinski definition) is 2. The second-order valence-electron chi connectivity index (χ2n) is 5.02. The molecule has 0 bridgehead atoms. The molecule has 0 radical (unpaired) electrons. The predicted octanol–water partition coefficient (Wildman–Crippen LogP) is 3.02. The summed E-state index contributed by atoms with van der Waals surface area (Å²) in [4.78, 5) is 13.8. The number of likely N-dealkylation sites (N-methyl/N-ethyl adjacent to an activating group) is 1. The highest BCUT2D eigenvalue weighted by Crippen LogP contribution is 2.21. The van der Waals surface area contributed by atoms with Gasteiger partial charge in [0.25, 0.3) is 5.91 Å². The van der Waals surface area contributed by atoms with Crippen LogP contribution in [0.3, 0.4) is 0 Å². The molecule has 110 valence electrons. The zero-order chi connectivity index (χ0) is 15.4. The van der Waals surface area contributed by atoms with Gasteiger partial charge in [-0.3, -0.25) is 4.79 Å². The van der Waals surface area contributed by atoms with E-state index in [1.165, 1.54) is 29.2 Å². The van der Waals surface area contributed by atoms with Crippen molar-refractivity contribution in [1.82, 2.24) is 4.90 Å². The maximum absolute atomic E-state index is 12.9. The molecule has 3 nitrogen and oxygen atoms in total. The number of halogens is 1. The van der Waals surface area contributed by atoms with Gasteiger partial charge in [-0.1, -0.05) is 30.3 Å². The SMILES string of the molecule is CC(C(O)c1ccccc1)N(C)C(=O)c1ccc(F)cc1. The second-order valence-corrected chi connectivity index (χ2v) is 5.02. The largest absolute Gasteiger partial charge is 0.386 e. The Morgan fingerprint density at radius 2 is 1.67 bits per heavy atom. The van der Waals surface area contributed by atoms with Crippen LogP contribution in [-0.2, 0) is 0 Å². The topological polar surface area (TPSA) is 40.5 Å². The lowest BCUT2D eigenvalue weighted by Gasteiger charge is -2.29. The van der Waals surface area contributed by atoms with Crippen LogP contribution >= 0.6 is 0 Å². The van der Waals surface area contributed by atoms with Crippen LogP contribution in [0.5, 0.6) is 0 Å². The van der Waals surface area contributed by atoms with Gasteiger partial charge in [0.05, 0.1) is 12.1 Å². The average molecular weight is 287 g/mol. The Balaban J connectivity index is 2.13. The van der Waals surface area contributed by atoms with Crippen molar-refractivity contribution in [2.45, 2.75) is 19.1 Å². The summed E-state index contributed by atoms with van der Waals surface area (Å²) in [5.41, 5.74) is 1.15. The molecular formula is C17H18FNO2. The first kappa shape index (κ1) is 15.2. The van der Waals surface area contributed by atoms with E-state index < -0.39 is 12.1 Å². The highest BCUT2D eigenvalue weighted by atomic mass is 19.1. The van der Waals surface area contributed by atoms with Crippen molar-refractivity contribution in [2.24, 2.45) is 0 Å². The van der Waals surface area contributed by atoms with E-state index >= 15 is 0 Å². The number of rotatable bonds is 4. The molecule has 2 atom stereocenters. The van der Waals surface area contributed by atoms with Gasteiger partial charge in [-0.05, 0) is 36.8 Å². The quantitative estimate of drug-likeness (QED) is 0.939. The molecule has 2 aromatic carbocycles. The molecular weight excluding hydrogens is 269 g/mol. The van der Waals surface area contributed by atoms with Gasteiger partial charge >= 0.3 is 0 Å². The molecule has 1 amide bonds. The summed E-state index contributed by atoms with van der Waals surface area (Å²) in [7, 11) is 1.63. The third kappa shape index (κ3) is 3.47. The standard InChI is InChI=1S/C17H18FNO2/c1-12(16(20)13-6-4-3-5-7-13)19(2)17(21)14-8-10-15(18)11-9-14/h3-12,16,20H,1-2H3. The molecule has 2 aromatic rings. The van der Waals surface area contributed by atoms with E-state index in [0.29, 0.717) is 5.56 Å². The van der Waals surface area contributed by atoms with E-state index in [2.05, 4.69) is 0 Å². The highest BCUT2D eigenvalue weighted by Gasteiger charge is 2.24. The Bertz CT molecular complexity index is 598. The number of aliphatic hydroxyl groups is 1. The molecule has 0 aliphatic heterocycles. The maximum atomic E-state index is 12.9. The van der Waals surface area contributed by atoms with Gasteiger partial charge < -0.3 is 10.0 Å². The fourth-order valence-corrected chi connectivity index (χ4v) is 2.12. The Morgan fingerprint density at radius 3 is 2.24 bits per heavy atom. The predicted molar refractivity (Wildman–Crippen MR) is 79.4 cm³/mol. The lowest BCUT2D eigenvalue weighted by Crippen LogP contribution is -2.39. The summed E-state index contributed by atoms with van der Waals surface area (Å²) < 4.78 is 12.9. The summed E-state index contributed by atoms with van der Waals surface area (Å²) in [5, 5.41) is 10.3. The van der Waals surface area contributed by atoms with Gasteiger partial charge in [0.1, 0.15) is 5.82 Å². The van der Waals surface area contributed by atoms with Gasteiger partial charge in [0.2, 0.25) is 0 Å². The summed E-state index contributed by atoms with van der Waals surface area (Å²) >= 11 is 0. The van der Waals surface area contributed by atoms with Crippen molar-refractivity contribution in [2.75, 3.05) is 7.05 Å². The molecule has 2 rings (SSSR count). The van der Waals surface area contributed by atoms with E-state index in [-0.39, 0.29) is 11.7 Å². The number of carbonyl (C=O) groups is 1. The van der Waals surface area contributed by atoms with E-state index in [0.717, 1.165) is 5.56 Å². The first-order valence-electron chi connectivity index (χ1n) is 6.76. The Morgan fingerprint density at radius 1 is 1.10 bits per heavy atom. The number of hydrogen-bond donors (Lipinski definition) is 1. The van der Waals surface area contributed by atoms with Crippen LogP contribution in [0.25, 0.3) is 0 Å². The summed E-state index contributed by atoms with van der Waals surface area (Å²) in [5.74, 6) is -0.635. The normalized spacial score (nSPS) is 13.5. The van der Waals surface area contributed by atoms with Crippen LogP contribution in [0.2, 0.25) is 0 Å². The monoisotopic (exact) mass is 287 g/mol. The molecule has 0 aliphatic rings. The summed E-state index contributed by atoms with van der Waals surface area (Å²) in [6.07, 6.45) is -0.777. The fraction of sp³-hybridized carbons (Fsp3) is 0.235. The Labute approximate surface area is 123 Å². The van der Waals surface area contributed by atoms with Crippen molar-refractivity contribution in [3.05, 3.63) is 71.5 Å². The lowest BCUT2D eigenvalue weighted by molar-refractivity contribution is 0.0487. The number of amides is 1. The third-order valence-corrected chi connectivity index (χ3v) is 3.62. The van der Waals surface area contributed by atoms with Crippen LogP contribution in [0, 0.1) is 5.82 Å². The van der Waals surface area contributed by atoms with Crippen LogP contribution in [0.4, 0.5) is 4.39 Å². The van der Waals surface area contributed by atoms with Crippen molar-refractivity contribution in [1.29, 1.82) is 0 Å². The molecule has 0 saturated heterocycles. The first-order chi connectivity index (χ1) is 10.0. The molecule has 0 heterocycles. The highest BCUT2D eigenvalue weighted by molar-refractivity contribution is 5.94. The molecule has 0 spiro atoms. The van der Waals surface area contributed by atoms with E-state index in [4.69, 9.17) is 0 Å². The van der Waals surface area contributed by atoms with Crippen LogP contribution in [0.15, 0.2) is 54.6 Å². The summed E-state index contributed by atoms with van der Waals surface area (Å²) in [6, 6.07) is 14.2. The van der Waals surface area contributed by atoms with Crippen molar-refractivity contribution in [3.63, 3.8) is 0 Å². The van der Waals surface area contributed by atoms with Gasteiger partial charge in [-0.2, -0.15) is 0 Å². The van der Waals surface area contributed by atoms with Crippen molar-refractivity contribution in [3.8, 4) is 0 Å². The van der Waals surface area contributed by atoms with Crippen molar-refractivity contribution >= 4 is 5.91 Å². The van der Waals surface area contributed by atoms with Crippen LogP contribution < -0.4 is 0 Å². The molecule has 0 aromatic heterocycles. The van der Waals surface area contributed by atoms with Crippen LogP contribution in [-0.4, -0.2) is 29.0 Å². The lowest BCUT2D eigenvalue weighted by atomic mass is 10.0. The number of aliphatic hydroxyl groups excluding tert-OH is 1. The number of benzene rings is 2. The molecule has 2 unspecified atom stereocenters. The molecule has 4 heteroatoms. The van der Waals surface area contributed by atoms with E-state index in [1.54, 1.807) is 14.0 Å². The van der Waals surface area contributed by atoms with Crippen LogP contribution in [0.1, 0.15) is 28.9 Å².